The number of fused-ring (bicyclic) bond motifs is 1. The van der Waals surface area contributed by atoms with Gasteiger partial charge in [-0.05, 0) is 12.0 Å². The first-order valence-electron chi connectivity index (χ1n) is 9.55. The minimum Gasteiger partial charge on any atom is -0.497 e. The number of nitrogens with zero attached hydrogens (tertiary/aromatic N) is 3. The number of hydrogen-bond donors (Lipinski definition) is 2. The van der Waals surface area contributed by atoms with Gasteiger partial charge in [-0.3, -0.25) is 14.6 Å². The van der Waals surface area contributed by atoms with Crippen molar-refractivity contribution in [2.75, 3.05) is 26.1 Å². The summed E-state index contributed by atoms with van der Waals surface area (Å²) in [6, 6.07) is 14.6. The number of hydrazone groups is 1. The number of hydrogen-bond acceptors (Lipinski definition) is 7. The third-order valence-corrected chi connectivity index (χ3v) is 5.09. The zero-order valence-electron chi connectivity index (χ0n) is 16.7. The Morgan fingerprint density at radius 1 is 1.17 bits per heavy atom. The molecule has 9 heteroatoms. The molecule has 0 bridgehead atoms. The van der Waals surface area contributed by atoms with Crippen molar-refractivity contribution in [3.63, 3.8) is 0 Å². The highest BCUT2D eigenvalue weighted by Crippen LogP contribution is 2.29. The lowest BCUT2D eigenvalue weighted by molar-refractivity contribution is -0.139. The molecule has 2 aliphatic heterocycles. The fraction of sp³-hybridized carbons (Fsp3) is 0.286. The molecule has 30 heavy (non-hydrogen) atoms. The maximum absolute atomic E-state index is 12.9. The van der Waals surface area contributed by atoms with Gasteiger partial charge in [0.15, 0.2) is 0 Å². The first-order valence-corrected chi connectivity index (χ1v) is 9.55. The number of carbonyl (C=O) groups is 2. The Balaban J connectivity index is 1.40. The monoisotopic (exact) mass is 409 g/mol. The van der Waals surface area contributed by atoms with Gasteiger partial charge in [-0.2, -0.15) is 5.10 Å². The highest BCUT2D eigenvalue weighted by Gasteiger charge is 2.41. The average Bonchev–Trinajstić information content (AvgIpc) is 3.21. The molecular weight excluding hydrogens is 386 g/mol. The molecule has 1 saturated heterocycles. The molecule has 2 unspecified atom stereocenters. The summed E-state index contributed by atoms with van der Waals surface area (Å²) in [6.07, 6.45) is 2.15. The predicted molar refractivity (Wildman–Crippen MR) is 111 cm³/mol. The van der Waals surface area contributed by atoms with Crippen molar-refractivity contribution in [2.24, 2.45) is 5.10 Å². The average molecular weight is 409 g/mol. The van der Waals surface area contributed by atoms with E-state index in [2.05, 4.69) is 15.8 Å². The number of ether oxygens (including phenoxy) is 2. The van der Waals surface area contributed by atoms with Gasteiger partial charge in [0.25, 0.3) is 5.91 Å². The highest BCUT2D eigenvalue weighted by molar-refractivity contribution is 5.96. The normalized spacial score (nSPS) is 20.1. The fourth-order valence-electron chi connectivity index (χ4n) is 3.57. The first kappa shape index (κ1) is 19.7. The molecule has 9 nitrogen and oxygen atoms in total. The predicted octanol–water partition coefficient (Wildman–Crippen LogP) is 1.75. The van der Waals surface area contributed by atoms with Crippen molar-refractivity contribution < 1.29 is 19.1 Å². The largest absolute Gasteiger partial charge is 0.497 e. The van der Waals surface area contributed by atoms with E-state index in [4.69, 9.17) is 9.47 Å². The molecule has 0 aliphatic carbocycles. The molecule has 156 valence electrons. The van der Waals surface area contributed by atoms with Gasteiger partial charge in [0.05, 0.1) is 20.3 Å². The van der Waals surface area contributed by atoms with Crippen LogP contribution in [0, 0.1) is 0 Å². The summed E-state index contributed by atoms with van der Waals surface area (Å²) >= 11 is 0. The Morgan fingerprint density at radius 3 is 2.53 bits per heavy atom. The zero-order chi connectivity index (χ0) is 21.1. The van der Waals surface area contributed by atoms with E-state index >= 15 is 0 Å². The number of amides is 2. The first-order chi connectivity index (χ1) is 14.6. The van der Waals surface area contributed by atoms with Crippen molar-refractivity contribution in [3.8, 4) is 11.5 Å². The van der Waals surface area contributed by atoms with Crippen LogP contribution in [-0.2, 0) is 9.59 Å². The third-order valence-electron chi connectivity index (χ3n) is 5.09. The van der Waals surface area contributed by atoms with E-state index in [9.17, 15) is 9.59 Å². The summed E-state index contributed by atoms with van der Waals surface area (Å²) in [5.74, 6) is 0.518. The van der Waals surface area contributed by atoms with Gasteiger partial charge < -0.3 is 14.8 Å². The molecule has 0 spiro atoms. The molecule has 0 aromatic heterocycles. The van der Waals surface area contributed by atoms with Gasteiger partial charge in [-0.1, -0.05) is 30.3 Å². The molecule has 2 N–H and O–H groups in total. The van der Waals surface area contributed by atoms with Gasteiger partial charge in [0, 0.05) is 23.9 Å². The molecule has 2 aromatic carbocycles. The van der Waals surface area contributed by atoms with E-state index in [0.717, 1.165) is 5.56 Å². The van der Waals surface area contributed by atoms with E-state index in [-0.39, 0.29) is 24.4 Å². The quantitative estimate of drug-likeness (QED) is 0.755. The number of hydrazine groups is 1. The standard InChI is InChI=1S/C21H23N5O4/c1-29-16-8-15(9-17(10-16)30-2)23-20(27)12-25-21(28)19-11-18(24-26(19)13-22-25)14-6-4-3-5-7-14/h3-10,13,18-19,24H,11-12H2,1-2H3,(H,23,27). The lowest BCUT2D eigenvalue weighted by Crippen LogP contribution is -2.52. The smallest absolute Gasteiger partial charge is 0.267 e. The third kappa shape index (κ3) is 4.06. The van der Waals surface area contributed by atoms with Crippen LogP contribution >= 0.6 is 0 Å². The zero-order valence-corrected chi connectivity index (χ0v) is 16.7. The van der Waals surface area contributed by atoms with Gasteiger partial charge >= 0.3 is 0 Å². The Hall–Kier alpha value is -3.59. The topological polar surface area (TPSA) is 95.5 Å². The van der Waals surface area contributed by atoms with Crippen LogP contribution in [0.4, 0.5) is 5.69 Å². The molecule has 2 amide bonds. The molecule has 2 aliphatic rings. The van der Waals surface area contributed by atoms with Crippen molar-refractivity contribution >= 4 is 23.8 Å². The molecule has 0 radical (unpaired) electrons. The summed E-state index contributed by atoms with van der Waals surface area (Å²) in [4.78, 5) is 25.4. The SMILES string of the molecule is COc1cc(NC(=O)CN2N=CN3NC(c4ccccc4)CC3C2=O)cc(OC)c1. The molecule has 2 aromatic rings. The highest BCUT2D eigenvalue weighted by atomic mass is 16.5. The summed E-state index contributed by atoms with van der Waals surface area (Å²) in [5, 5.41) is 9.81. The molecule has 0 saturated carbocycles. The van der Waals surface area contributed by atoms with Crippen molar-refractivity contribution in [1.82, 2.24) is 15.4 Å². The molecule has 2 atom stereocenters. The van der Waals surface area contributed by atoms with Crippen LogP contribution in [0.25, 0.3) is 0 Å². The Morgan fingerprint density at radius 2 is 1.87 bits per heavy atom. The maximum atomic E-state index is 12.9. The Bertz CT molecular complexity index is 943. The second-order valence-corrected chi connectivity index (χ2v) is 7.03. The summed E-state index contributed by atoms with van der Waals surface area (Å²) < 4.78 is 10.4. The van der Waals surface area contributed by atoms with E-state index in [1.165, 1.54) is 19.2 Å². The number of methoxy groups -OCH3 is 2. The molecular formula is C21H23N5O4. The second kappa shape index (κ2) is 8.42. The number of nitrogens with one attached hydrogen (secondary N) is 2. The fourth-order valence-corrected chi connectivity index (χ4v) is 3.57. The summed E-state index contributed by atoms with van der Waals surface area (Å²) in [6.45, 7) is -0.185. The van der Waals surface area contributed by atoms with E-state index in [0.29, 0.717) is 23.6 Å². The lowest BCUT2D eigenvalue weighted by Gasteiger charge is -2.29. The van der Waals surface area contributed by atoms with Crippen molar-refractivity contribution in [1.29, 1.82) is 0 Å². The van der Waals surface area contributed by atoms with Crippen LogP contribution < -0.4 is 20.2 Å². The van der Waals surface area contributed by atoms with Crippen LogP contribution in [0.1, 0.15) is 18.0 Å². The molecule has 2 heterocycles. The number of benzene rings is 2. The molecule has 4 rings (SSSR count). The second-order valence-electron chi connectivity index (χ2n) is 7.03. The van der Waals surface area contributed by atoms with Crippen LogP contribution in [0.5, 0.6) is 11.5 Å². The summed E-state index contributed by atoms with van der Waals surface area (Å²) in [7, 11) is 3.07. The summed E-state index contributed by atoms with van der Waals surface area (Å²) in [5.41, 5.74) is 4.90. The van der Waals surface area contributed by atoms with E-state index < -0.39 is 6.04 Å². The minimum absolute atomic E-state index is 0.0182. The Kier molecular flexibility index (Phi) is 5.53. The minimum atomic E-state index is -0.405. The van der Waals surface area contributed by atoms with Gasteiger partial charge in [0.1, 0.15) is 30.4 Å². The lowest BCUT2D eigenvalue weighted by atomic mass is 10.0. The van der Waals surface area contributed by atoms with Crippen LogP contribution in [0.15, 0.2) is 53.6 Å². The number of anilines is 1. The van der Waals surface area contributed by atoms with Crippen LogP contribution in [-0.4, -0.2) is 55.0 Å². The Labute approximate surface area is 174 Å². The van der Waals surface area contributed by atoms with Crippen molar-refractivity contribution in [2.45, 2.75) is 18.5 Å². The van der Waals surface area contributed by atoms with Crippen molar-refractivity contribution in [3.05, 3.63) is 54.1 Å². The number of carbonyl (C=O) groups excluding carboxylic acids is 2. The molecule has 1 fully saturated rings. The van der Waals surface area contributed by atoms with Crippen LogP contribution in [0.2, 0.25) is 0 Å². The number of rotatable bonds is 6. The maximum Gasteiger partial charge on any atom is 0.267 e. The van der Waals surface area contributed by atoms with Gasteiger partial charge in [0.2, 0.25) is 5.91 Å². The van der Waals surface area contributed by atoms with Crippen LogP contribution in [0.3, 0.4) is 0 Å². The van der Waals surface area contributed by atoms with E-state index in [1.54, 1.807) is 29.5 Å². The van der Waals surface area contributed by atoms with E-state index in [1.807, 2.05) is 30.3 Å². The van der Waals surface area contributed by atoms with Gasteiger partial charge in [-0.15, -0.1) is 0 Å². The van der Waals surface area contributed by atoms with Gasteiger partial charge in [-0.25, -0.2) is 10.4 Å².